The Bertz CT molecular complexity index is 667. The zero-order valence-electron chi connectivity index (χ0n) is 15.0. The topological polar surface area (TPSA) is 38.3 Å². The van der Waals surface area contributed by atoms with Crippen molar-refractivity contribution < 1.29 is 9.53 Å². The Morgan fingerprint density at radius 3 is 2.29 bits per heavy atom. The van der Waals surface area contributed by atoms with Crippen molar-refractivity contribution in [2.75, 3.05) is 0 Å². The van der Waals surface area contributed by atoms with E-state index in [1.807, 2.05) is 62.4 Å². The maximum Gasteiger partial charge on any atom is 0.261 e. The van der Waals surface area contributed by atoms with E-state index < -0.39 is 6.10 Å². The van der Waals surface area contributed by atoms with Crippen LogP contribution >= 0.6 is 0 Å². The second kappa shape index (κ2) is 8.53. The standard InChI is InChI=1S/C21H27NO2/c1-5-19(17-10-8-7-9-11-17)22-21(23)20(6-2)24-18-13-12-15(3)16(4)14-18/h7-14,19-20H,5-6H2,1-4H3,(H,22,23)/t19-,20+/m0/s1. The highest BCUT2D eigenvalue weighted by Crippen LogP contribution is 2.20. The molecule has 0 aliphatic carbocycles. The normalized spacial score (nSPS) is 13.2. The van der Waals surface area contributed by atoms with Crippen LogP contribution < -0.4 is 10.1 Å². The predicted octanol–water partition coefficient (Wildman–Crippen LogP) is 4.73. The van der Waals surface area contributed by atoms with Gasteiger partial charge in [0.2, 0.25) is 0 Å². The van der Waals surface area contributed by atoms with Crippen LogP contribution in [0.3, 0.4) is 0 Å². The van der Waals surface area contributed by atoms with Crippen molar-refractivity contribution in [2.24, 2.45) is 0 Å². The van der Waals surface area contributed by atoms with E-state index in [0.29, 0.717) is 6.42 Å². The first-order valence-electron chi connectivity index (χ1n) is 8.64. The largest absolute Gasteiger partial charge is 0.481 e. The Kier molecular flexibility index (Phi) is 6.42. The first kappa shape index (κ1) is 18.1. The van der Waals surface area contributed by atoms with Gasteiger partial charge in [-0.15, -0.1) is 0 Å². The van der Waals surface area contributed by atoms with Gasteiger partial charge in [0.05, 0.1) is 6.04 Å². The smallest absolute Gasteiger partial charge is 0.261 e. The predicted molar refractivity (Wildman–Crippen MR) is 98.2 cm³/mol. The molecule has 0 aromatic heterocycles. The van der Waals surface area contributed by atoms with E-state index in [-0.39, 0.29) is 11.9 Å². The van der Waals surface area contributed by atoms with Crippen molar-refractivity contribution in [3.05, 3.63) is 65.2 Å². The van der Waals surface area contributed by atoms with Crippen LogP contribution in [0.5, 0.6) is 5.75 Å². The summed E-state index contributed by atoms with van der Waals surface area (Å²) in [5.41, 5.74) is 3.50. The molecule has 2 atom stereocenters. The monoisotopic (exact) mass is 325 g/mol. The lowest BCUT2D eigenvalue weighted by atomic mass is 10.0. The summed E-state index contributed by atoms with van der Waals surface area (Å²) in [6.07, 6.45) is 0.990. The number of nitrogens with one attached hydrogen (secondary N) is 1. The second-order valence-electron chi connectivity index (χ2n) is 6.14. The van der Waals surface area contributed by atoms with E-state index in [2.05, 4.69) is 19.2 Å². The molecule has 2 aromatic carbocycles. The van der Waals surface area contributed by atoms with E-state index in [9.17, 15) is 4.79 Å². The minimum atomic E-state index is -0.482. The summed E-state index contributed by atoms with van der Waals surface area (Å²) in [6.45, 7) is 8.15. The molecule has 0 saturated carbocycles. The summed E-state index contributed by atoms with van der Waals surface area (Å²) >= 11 is 0. The Labute approximate surface area is 145 Å². The van der Waals surface area contributed by atoms with Crippen LogP contribution in [0, 0.1) is 13.8 Å². The summed E-state index contributed by atoms with van der Waals surface area (Å²) in [6, 6.07) is 16.0. The van der Waals surface area contributed by atoms with Gasteiger partial charge in [-0.2, -0.15) is 0 Å². The minimum Gasteiger partial charge on any atom is -0.481 e. The maximum absolute atomic E-state index is 12.6. The molecule has 0 aliphatic rings. The molecule has 0 bridgehead atoms. The quantitative estimate of drug-likeness (QED) is 0.799. The molecule has 0 unspecified atom stereocenters. The van der Waals surface area contributed by atoms with Crippen LogP contribution in [0.15, 0.2) is 48.5 Å². The number of aryl methyl sites for hydroxylation is 2. The van der Waals surface area contributed by atoms with Crippen LogP contribution in [-0.2, 0) is 4.79 Å². The third-order valence-corrected chi connectivity index (χ3v) is 4.35. The number of carbonyl (C=O) groups is 1. The third kappa shape index (κ3) is 4.60. The summed E-state index contributed by atoms with van der Waals surface area (Å²) in [7, 11) is 0. The molecule has 0 heterocycles. The molecule has 0 aliphatic heterocycles. The van der Waals surface area contributed by atoms with Crippen molar-refractivity contribution in [1.82, 2.24) is 5.32 Å². The fraction of sp³-hybridized carbons (Fsp3) is 0.381. The number of ether oxygens (including phenoxy) is 1. The van der Waals surface area contributed by atoms with Gasteiger partial charge in [0, 0.05) is 0 Å². The number of benzene rings is 2. The van der Waals surface area contributed by atoms with Gasteiger partial charge in [-0.1, -0.05) is 50.2 Å². The number of rotatable bonds is 7. The average Bonchev–Trinajstić information content (AvgIpc) is 2.61. The van der Waals surface area contributed by atoms with Crippen LogP contribution in [0.1, 0.15) is 49.4 Å². The Morgan fingerprint density at radius 1 is 1.00 bits per heavy atom. The molecular weight excluding hydrogens is 298 g/mol. The minimum absolute atomic E-state index is 0.0103. The second-order valence-corrected chi connectivity index (χ2v) is 6.14. The molecule has 0 radical (unpaired) electrons. The average molecular weight is 325 g/mol. The van der Waals surface area contributed by atoms with Crippen molar-refractivity contribution in [2.45, 2.75) is 52.7 Å². The Balaban J connectivity index is 2.06. The first-order valence-corrected chi connectivity index (χ1v) is 8.64. The molecule has 3 nitrogen and oxygen atoms in total. The van der Waals surface area contributed by atoms with Crippen molar-refractivity contribution >= 4 is 5.91 Å². The molecule has 1 N–H and O–H groups in total. The van der Waals surface area contributed by atoms with Crippen LogP contribution in [-0.4, -0.2) is 12.0 Å². The summed E-state index contributed by atoms with van der Waals surface area (Å²) in [4.78, 5) is 12.6. The molecular formula is C21H27NO2. The molecule has 0 spiro atoms. The molecule has 3 heteroatoms. The van der Waals surface area contributed by atoms with Crippen LogP contribution in [0.2, 0.25) is 0 Å². The molecule has 24 heavy (non-hydrogen) atoms. The third-order valence-electron chi connectivity index (χ3n) is 4.35. The summed E-state index contributed by atoms with van der Waals surface area (Å²) < 4.78 is 5.93. The van der Waals surface area contributed by atoms with E-state index in [1.54, 1.807) is 0 Å². The lowest BCUT2D eigenvalue weighted by Crippen LogP contribution is -2.39. The lowest BCUT2D eigenvalue weighted by molar-refractivity contribution is -0.128. The first-order chi connectivity index (χ1) is 11.5. The fourth-order valence-electron chi connectivity index (χ4n) is 2.64. The summed E-state index contributed by atoms with van der Waals surface area (Å²) in [5.74, 6) is 0.680. The number of carbonyl (C=O) groups excluding carboxylic acids is 1. The number of amides is 1. The number of hydrogen-bond donors (Lipinski definition) is 1. The van der Waals surface area contributed by atoms with Gasteiger partial charge in [-0.25, -0.2) is 0 Å². The highest BCUT2D eigenvalue weighted by Gasteiger charge is 2.22. The van der Waals surface area contributed by atoms with Crippen LogP contribution in [0.4, 0.5) is 0 Å². The van der Waals surface area contributed by atoms with Gasteiger partial charge >= 0.3 is 0 Å². The van der Waals surface area contributed by atoms with Crippen LogP contribution in [0.25, 0.3) is 0 Å². The van der Waals surface area contributed by atoms with Gasteiger partial charge in [0.1, 0.15) is 5.75 Å². The molecule has 0 fully saturated rings. The molecule has 1 amide bonds. The highest BCUT2D eigenvalue weighted by atomic mass is 16.5. The summed E-state index contributed by atoms with van der Waals surface area (Å²) in [5, 5.41) is 3.12. The SMILES string of the molecule is CC[C@H](NC(=O)[C@@H](CC)Oc1ccc(C)c(C)c1)c1ccccc1. The lowest BCUT2D eigenvalue weighted by Gasteiger charge is -2.22. The van der Waals surface area contributed by atoms with Gasteiger partial charge in [-0.3, -0.25) is 4.79 Å². The van der Waals surface area contributed by atoms with Gasteiger partial charge < -0.3 is 10.1 Å². The molecule has 128 valence electrons. The van der Waals surface area contributed by atoms with Gasteiger partial charge in [-0.05, 0) is 55.5 Å². The van der Waals surface area contributed by atoms with Crippen molar-refractivity contribution in [1.29, 1.82) is 0 Å². The number of hydrogen-bond acceptors (Lipinski definition) is 2. The van der Waals surface area contributed by atoms with E-state index in [4.69, 9.17) is 4.74 Å². The Hall–Kier alpha value is -2.29. The van der Waals surface area contributed by atoms with E-state index >= 15 is 0 Å². The van der Waals surface area contributed by atoms with Gasteiger partial charge in [0.25, 0.3) is 5.91 Å². The zero-order chi connectivity index (χ0) is 17.5. The van der Waals surface area contributed by atoms with E-state index in [1.165, 1.54) is 11.1 Å². The fourth-order valence-corrected chi connectivity index (χ4v) is 2.64. The highest BCUT2D eigenvalue weighted by molar-refractivity contribution is 5.81. The zero-order valence-corrected chi connectivity index (χ0v) is 15.0. The Morgan fingerprint density at radius 2 is 1.71 bits per heavy atom. The van der Waals surface area contributed by atoms with E-state index in [0.717, 1.165) is 17.7 Å². The maximum atomic E-state index is 12.6. The van der Waals surface area contributed by atoms with Crippen molar-refractivity contribution in [3.8, 4) is 5.75 Å². The van der Waals surface area contributed by atoms with Crippen molar-refractivity contribution in [3.63, 3.8) is 0 Å². The van der Waals surface area contributed by atoms with Gasteiger partial charge in [0.15, 0.2) is 6.10 Å². The molecule has 2 aromatic rings. The molecule has 0 saturated heterocycles. The molecule has 2 rings (SSSR count).